The fraction of sp³-hybridized carbons (Fsp3) is 0.136. The zero-order valence-electron chi connectivity index (χ0n) is 15.8. The Morgan fingerprint density at radius 3 is 2.71 bits per heavy atom. The predicted molar refractivity (Wildman–Crippen MR) is 112 cm³/mol. The molecule has 140 valence electrons. The van der Waals surface area contributed by atoms with Crippen LogP contribution in [0.4, 0.5) is 17.2 Å². The fourth-order valence-electron chi connectivity index (χ4n) is 3.04. The van der Waals surface area contributed by atoms with Gasteiger partial charge in [0, 0.05) is 16.8 Å². The van der Waals surface area contributed by atoms with E-state index >= 15 is 0 Å². The van der Waals surface area contributed by atoms with Gasteiger partial charge in [-0.2, -0.15) is 4.98 Å². The van der Waals surface area contributed by atoms with E-state index in [4.69, 9.17) is 10.5 Å². The number of hydrogen-bond acceptors (Lipinski definition) is 6. The summed E-state index contributed by atoms with van der Waals surface area (Å²) in [6, 6.07) is 17.8. The van der Waals surface area contributed by atoms with E-state index in [9.17, 15) is 0 Å². The molecule has 28 heavy (non-hydrogen) atoms. The number of benzene rings is 2. The second kappa shape index (κ2) is 7.52. The average molecular weight is 371 g/mol. The molecule has 0 saturated carbocycles. The highest BCUT2D eigenvalue weighted by molar-refractivity contribution is 5.85. The van der Waals surface area contributed by atoms with Crippen molar-refractivity contribution in [3.63, 3.8) is 0 Å². The van der Waals surface area contributed by atoms with Crippen LogP contribution in [-0.2, 0) is 6.42 Å². The summed E-state index contributed by atoms with van der Waals surface area (Å²) >= 11 is 0. The summed E-state index contributed by atoms with van der Waals surface area (Å²) in [5, 5.41) is 4.28. The van der Waals surface area contributed by atoms with Crippen LogP contribution in [0.3, 0.4) is 0 Å². The van der Waals surface area contributed by atoms with Gasteiger partial charge < -0.3 is 15.8 Å². The van der Waals surface area contributed by atoms with Crippen molar-refractivity contribution in [3.05, 3.63) is 72.2 Å². The topological polar surface area (TPSA) is 86.0 Å². The van der Waals surface area contributed by atoms with E-state index in [1.54, 1.807) is 0 Å². The lowest BCUT2D eigenvalue weighted by atomic mass is 10.1. The molecule has 4 aromatic rings. The number of nitrogen functional groups attached to an aromatic ring is 1. The molecule has 0 aliphatic carbocycles. The van der Waals surface area contributed by atoms with Gasteiger partial charge in [0.05, 0.1) is 0 Å². The van der Waals surface area contributed by atoms with Gasteiger partial charge >= 0.3 is 0 Å². The Morgan fingerprint density at radius 1 is 1.00 bits per heavy atom. The van der Waals surface area contributed by atoms with Crippen LogP contribution in [0, 0.1) is 6.92 Å². The number of hydrogen-bond donors (Lipinski definition) is 2. The lowest BCUT2D eigenvalue weighted by molar-refractivity contribution is 0.469. The number of nitrogens with one attached hydrogen (secondary N) is 1. The summed E-state index contributed by atoms with van der Waals surface area (Å²) in [5.41, 5.74) is 10.5. The zero-order chi connectivity index (χ0) is 19.5. The molecule has 6 nitrogen and oxygen atoms in total. The maximum Gasteiger partial charge on any atom is 0.248 e. The summed E-state index contributed by atoms with van der Waals surface area (Å²) in [6.45, 7) is 4.05. The Kier molecular flexibility index (Phi) is 4.76. The minimum atomic E-state index is 0.294. The van der Waals surface area contributed by atoms with Crippen LogP contribution < -0.4 is 15.8 Å². The van der Waals surface area contributed by atoms with Gasteiger partial charge in [-0.25, -0.2) is 9.97 Å². The standard InChI is InChI=1S/C22H21N5O/c1-3-15-7-4-5-9-17(15)27-21-19(23)22(25-13-24-21)28-18-10-6-8-16-12-11-14(2)26-20(16)18/h4-13H,3,23H2,1-2H3,(H,24,25,27). The van der Waals surface area contributed by atoms with E-state index in [0.717, 1.165) is 28.7 Å². The first kappa shape index (κ1) is 17.7. The number of rotatable bonds is 5. The Hall–Kier alpha value is -3.67. The van der Waals surface area contributed by atoms with Crippen LogP contribution in [0.2, 0.25) is 0 Å². The van der Waals surface area contributed by atoms with Crippen molar-refractivity contribution in [3.8, 4) is 11.6 Å². The third kappa shape index (κ3) is 3.44. The van der Waals surface area contributed by atoms with E-state index in [-0.39, 0.29) is 0 Å². The van der Waals surface area contributed by atoms with E-state index in [1.165, 1.54) is 11.9 Å². The summed E-state index contributed by atoms with van der Waals surface area (Å²) in [6.07, 6.45) is 2.34. The molecule has 2 aromatic heterocycles. The number of para-hydroxylation sites is 2. The number of pyridine rings is 1. The Labute approximate surface area is 163 Å². The van der Waals surface area contributed by atoms with Gasteiger partial charge in [-0.05, 0) is 37.1 Å². The van der Waals surface area contributed by atoms with Crippen molar-refractivity contribution in [1.29, 1.82) is 0 Å². The van der Waals surface area contributed by atoms with Crippen molar-refractivity contribution < 1.29 is 4.74 Å². The van der Waals surface area contributed by atoms with Gasteiger partial charge in [0.2, 0.25) is 5.88 Å². The minimum Gasteiger partial charge on any atom is -0.435 e. The number of nitrogens with two attached hydrogens (primary N) is 1. The molecule has 0 amide bonds. The predicted octanol–water partition coefficient (Wildman–Crippen LogP) is 5.01. The smallest absolute Gasteiger partial charge is 0.248 e. The van der Waals surface area contributed by atoms with Crippen LogP contribution in [0.15, 0.2) is 60.9 Å². The van der Waals surface area contributed by atoms with Gasteiger partial charge in [-0.3, -0.25) is 0 Å². The maximum absolute atomic E-state index is 6.31. The Bertz CT molecular complexity index is 1140. The van der Waals surface area contributed by atoms with E-state index in [2.05, 4.69) is 33.3 Å². The molecule has 0 spiro atoms. The quantitative estimate of drug-likeness (QED) is 0.513. The molecular formula is C22H21N5O. The van der Waals surface area contributed by atoms with Crippen molar-refractivity contribution in [2.45, 2.75) is 20.3 Å². The first-order valence-corrected chi connectivity index (χ1v) is 9.15. The van der Waals surface area contributed by atoms with Gasteiger partial charge in [0.15, 0.2) is 11.6 Å². The summed E-state index contributed by atoms with van der Waals surface area (Å²) < 4.78 is 6.03. The Balaban J connectivity index is 1.69. The molecule has 0 unspecified atom stereocenters. The number of fused-ring (bicyclic) bond motifs is 1. The average Bonchev–Trinajstić information content (AvgIpc) is 2.71. The Morgan fingerprint density at radius 2 is 1.86 bits per heavy atom. The second-order valence-electron chi connectivity index (χ2n) is 6.46. The highest BCUT2D eigenvalue weighted by atomic mass is 16.5. The lowest BCUT2D eigenvalue weighted by Crippen LogP contribution is -2.04. The highest BCUT2D eigenvalue weighted by Crippen LogP contribution is 2.34. The van der Waals surface area contributed by atoms with Crippen molar-refractivity contribution in [1.82, 2.24) is 15.0 Å². The summed E-state index contributed by atoms with van der Waals surface area (Å²) in [4.78, 5) is 13.1. The molecule has 0 atom stereocenters. The first-order valence-electron chi connectivity index (χ1n) is 9.15. The normalized spacial score (nSPS) is 10.8. The fourth-order valence-corrected chi connectivity index (χ4v) is 3.04. The summed E-state index contributed by atoms with van der Waals surface area (Å²) in [5.74, 6) is 1.41. The monoisotopic (exact) mass is 371 g/mol. The molecular weight excluding hydrogens is 350 g/mol. The number of anilines is 3. The summed E-state index contributed by atoms with van der Waals surface area (Å²) in [7, 11) is 0. The van der Waals surface area contributed by atoms with Crippen molar-refractivity contribution >= 4 is 28.1 Å². The van der Waals surface area contributed by atoms with Crippen LogP contribution in [0.25, 0.3) is 10.9 Å². The lowest BCUT2D eigenvalue weighted by Gasteiger charge is -2.14. The molecule has 3 N–H and O–H groups in total. The third-order valence-corrected chi connectivity index (χ3v) is 4.53. The minimum absolute atomic E-state index is 0.294. The molecule has 6 heteroatoms. The number of nitrogens with zero attached hydrogens (tertiary/aromatic N) is 3. The van der Waals surface area contributed by atoms with Crippen LogP contribution >= 0.6 is 0 Å². The van der Waals surface area contributed by atoms with Crippen molar-refractivity contribution in [2.75, 3.05) is 11.1 Å². The van der Waals surface area contributed by atoms with Gasteiger partial charge in [-0.15, -0.1) is 0 Å². The highest BCUT2D eigenvalue weighted by Gasteiger charge is 2.13. The molecule has 0 aliphatic heterocycles. The number of aromatic nitrogens is 3. The molecule has 0 aliphatic rings. The molecule has 0 fully saturated rings. The molecule has 0 saturated heterocycles. The van der Waals surface area contributed by atoms with Crippen molar-refractivity contribution in [2.24, 2.45) is 0 Å². The third-order valence-electron chi connectivity index (χ3n) is 4.53. The van der Waals surface area contributed by atoms with E-state index < -0.39 is 0 Å². The van der Waals surface area contributed by atoms with Crippen LogP contribution in [-0.4, -0.2) is 15.0 Å². The molecule has 2 aromatic carbocycles. The van der Waals surface area contributed by atoms with E-state index in [1.807, 2.05) is 55.5 Å². The van der Waals surface area contributed by atoms with Crippen LogP contribution in [0.1, 0.15) is 18.2 Å². The van der Waals surface area contributed by atoms with Gasteiger partial charge in [0.25, 0.3) is 0 Å². The largest absolute Gasteiger partial charge is 0.435 e. The SMILES string of the molecule is CCc1ccccc1Nc1ncnc(Oc2cccc3ccc(C)nc23)c1N. The van der Waals surface area contributed by atoms with Gasteiger partial charge in [0.1, 0.15) is 17.5 Å². The van der Waals surface area contributed by atoms with Crippen LogP contribution in [0.5, 0.6) is 11.6 Å². The zero-order valence-corrected chi connectivity index (χ0v) is 15.8. The number of ether oxygens (including phenoxy) is 1. The van der Waals surface area contributed by atoms with Gasteiger partial charge in [-0.1, -0.05) is 43.3 Å². The second-order valence-corrected chi connectivity index (χ2v) is 6.46. The number of aryl methyl sites for hydroxylation is 2. The first-order chi connectivity index (χ1) is 13.7. The molecule has 0 bridgehead atoms. The molecule has 2 heterocycles. The van der Waals surface area contributed by atoms with E-state index in [0.29, 0.717) is 23.1 Å². The molecule has 4 rings (SSSR count). The molecule has 0 radical (unpaired) electrons. The maximum atomic E-state index is 6.31.